The van der Waals surface area contributed by atoms with Crippen LogP contribution in [0.1, 0.15) is 0 Å². The highest BCUT2D eigenvalue weighted by Gasteiger charge is 2.14. The lowest BCUT2D eigenvalue weighted by atomic mass is 10.1. The number of anilines is 1. The van der Waals surface area contributed by atoms with E-state index in [0.29, 0.717) is 11.4 Å². The average molecular weight is 426 g/mol. The lowest BCUT2D eigenvalue weighted by molar-refractivity contribution is 0.483. The number of benzene rings is 5. The van der Waals surface area contributed by atoms with E-state index in [-0.39, 0.29) is 4.90 Å². The maximum absolute atomic E-state index is 12.8. The largest absolute Gasteiger partial charge is 0.457 e. The Bertz CT molecular complexity index is 1490. The molecule has 0 unspecified atom stereocenters. The molecule has 1 N–H and O–H groups in total. The Hall–Kier alpha value is -3.83. The minimum absolute atomic E-state index is 0.225. The topological polar surface area (TPSA) is 55.4 Å². The van der Waals surface area contributed by atoms with E-state index in [1.807, 2.05) is 66.7 Å². The fraction of sp³-hybridized carbons (Fsp3) is 0. The molecule has 0 atom stereocenters. The van der Waals surface area contributed by atoms with Crippen molar-refractivity contribution in [3.05, 3.63) is 109 Å². The van der Waals surface area contributed by atoms with Crippen LogP contribution in [0.3, 0.4) is 0 Å². The Morgan fingerprint density at radius 1 is 0.548 bits per heavy atom. The minimum Gasteiger partial charge on any atom is -0.457 e. The first kappa shape index (κ1) is 19.2. The quantitative estimate of drug-likeness (QED) is 0.346. The van der Waals surface area contributed by atoms with Crippen LogP contribution < -0.4 is 9.46 Å². The van der Waals surface area contributed by atoms with Crippen LogP contribution in [0.5, 0.6) is 11.5 Å². The molecule has 5 rings (SSSR count). The molecule has 0 aromatic heterocycles. The first-order valence-electron chi connectivity index (χ1n) is 9.85. The zero-order valence-electron chi connectivity index (χ0n) is 16.5. The lowest BCUT2D eigenvalue weighted by Crippen LogP contribution is -2.12. The standard InChI is InChI=1S/C26H19NO3S/c28-31(29,26-16-10-20-6-2-4-8-22(20)18-26)27-23-11-14-24(15-12-23)30-25-13-9-19-5-1-3-7-21(19)17-25/h1-18,27H. The molecule has 5 heteroatoms. The van der Waals surface area contributed by atoms with Gasteiger partial charge in [0.25, 0.3) is 10.0 Å². The molecule has 0 aliphatic heterocycles. The molecular formula is C26H19NO3S. The molecule has 0 aliphatic rings. The van der Waals surface area contributed by atoms with Gasteiger partial charge in [-0.25, -0.2) is 8.42 Å². The van der Waals surface area contributed by atoms with Gasteiger partial charge in [-0.05, 0) is 70.1 Å². The van der Waals surface area contributed by atoms with E-state index in [1.165, 1.54) is 0 Å². The van der Waals surface area contributed by atoms with Gasteiger partial charge in [0.2, 0.25) is 0 Å². The SMILES string of the molecule is O=S(=O)(Nc1ccc(Oc2ccc3ccccc3c2)cc1)c1ccc2ccccc2c1. The molecule has 5 aromatic carbocycles. The Balaban J connectivity index is 1.34. The monoisotopic (exact) mass is 425 g/mol. The molecular weight excluding hydrogens is 406 g/mol. The molecule has 0 amide bonds. The molecule has 0 radical (unpaired) electrons. The summed E-state index contributed by atoms with van der Waals surface area (Å²) in [5.74, 6) is 1.35. The Morgan fingerprint density at radius 2 is 1.10 bits per heavy atom. The van der Waals surface area contributed by atoms with Crippen LogP contribution in [0.15, 0.2) is 114 Å². The second-order valence-corrected chi connectivity index (χ2v) is 8.93. The van der Waals surface area contributed by atoms with Crippen molar-refractivity contribution in [1.29, 1.82) is 0 Å². The van der Waals surface area contributed by atoms with Crippen LogP contribution in [0.4, 0.5) is 5.69 Å². The van der Waals surface area contributed by atoms with Gasteiger partial charge in [0, 0.05) is 5.69 Å². The summed E-state index contributed by atoms with van der Waals surface area (Å²) in [6.45, 7) is 0. The number of fused-ring (bicyclic) bond motifs is 2. The van der Waals surface area contributed by atoms with Crippen molar-refractivity contribution in [2.45, 2.75) is 4.90 Å². The zero-order valence-corrected chi connectivity index (χ0v) is 17.3. The summed E-state index contributed by atoms with van der Waals surface area (Å²) < 4.78 is 34.2. The molecule has 31 heavy (non-hydrogen) atoms. The fourth-order valence-electron chi connectivity index (χ4n) is 3.51. The Labute approximate surface area is 180 Å². The molecule has 152 valence electrons. The van der Waals surface area contributed by atoms with Gasteiger partial charge in [-0.15, -0.1) is 0 Å². The number of hydrogen-bond donors (Lipinski definition) is 1. The molecule has 0 heterocycles. The number of sulfonamides is 1. The number of hydrogen-bond acceptors (Lipinski definition) is 3. The molecule has 0 saturated carbocycles. The highest BCUT2D eigenvalue weighted by atomic mass is 32.2. The second kappa shape index (κ2) is 7.78. The molecule has 4 nitrogen and oxygen atoms in total. The third kappa shape index (κ3) is 4.09. The molecule has 0 spiro atoms. The van der Waals surface area contributed by atoms with E-state index >= 15 is 0 Å². The molecule has 0 fully saturated rings. The van der Waals surface area contributed by atoms with E-state index < -0.39 is 10.0 Å². The first-order chi connectivity index (χ1) is 15.1. The lowest BCUT2D eigenvalue weighted by Gasteiger charge is -2.11. The van der Waals surface area contributed by atoms with E-state index in [4.69, 9.17) is 4.74 Å². The van der Waals surface area contributed by atoms with Crippen LogP contribution in [0, 0.1) is 0 Å². The zero-order chi connectivity index (χ0) is 21.3. The van der Waals surface area contributed by atoms with E-state index in [1.54, 1.807) is 36.4 Å². The van der Waals surface area contributed by atoms with Crippen LogP contribution in [-0.4, -0.2) is 8.42 Å². The number of nitrogens with one attached hydrogen (secondary N) is 1. The Morgan fingerprint density at radius 3 is 1.77 bits per heavy atom. The summed E-state index contributed by atoms with van der Waals surface area (Å²) >= 11 is 0. The fourth-order valence-corrected chi connectivity index (χ4v) is 4.60. The van der Waals surface area contributed by atoms with Crippen molar-refractivity contribution in [3.8, 4) is 11.5 Å². The molecule has 0 aliphatic carbocycles. The van der Waals surface area contributed by atoms with Gasteiger partial charge in [0.1, 0.15) is 11.5 Å². The van der Waals surface area contributed by atoms with Gasteiger partial charge in [0.15, 0.2) is 0 Å². The number of ether oxygens (including phenoxy) is 1. The van der Waals surface area contributed by atoms with Gasteiger partial charge < -0.3 is 4.74 Å². The van der Waals surface area contributed by atoms with Crippen molar-refractivity contribution in [2.24, 2.45) is 0 Å². The summed E-state index contributed by atoms with van der Waals surface area (Å²) in [5, 5.41) is 4.12. The van der Waals surface area contributed by atoms with Crippen LogP contribution in [0.25, 0.3) is 21.5 Å². The normalized spacial score (nSPS) is 11.5. The van der Waals surface area contributed by atoms with E-state index in [9.17, 15) is 8.42 Å². The third-order valence-electron chi connectivity index (χ3n) is 5.09. The summed E-state index contributed by atoms with van der Waals surface area (Å²) in [5.41, 5.74) is 0.471. The third-order valence-corrected chi connectivity index (χ3v) is 6.47. The summed E-state index contributed by atoms with van der Waals surface area (Å²) in [6, 6.07) is 33.6. The van der Waals surface area contributed by atoms with Gasteiger partial charge in [-0.3, -0.25) is 4.72 Å². The maximum Gasteiger partial charge on any atom is 0.261 e. The summed E-state index contributed by atoms with van der Waals surface area (Å²) in [6.07, 6.45) is 0. The summed E-state index contributed by atoms with van der Waals surface area (Å²) in [4.78, 5) is 0.225. The van der Waals surface area contributed by atoms with Crippen molar-refractivity contribution in [1.82, 2.24) is 0 Å². The van der Waals surface area contributed by atoms with Crippen molar-refractivity contribution < 1.29 is 13.2 Å². The second-order valence-electron chi connectivity index (χ2n) is 7.25. The van der Waals surface area contributed by atoms with Gasteiger partial charge in [-0.1, -0.05) is 60.7 Å². The van der Waals surface area contributed by atoms with E-state index in [0.717, 1.165) is 27.3 Å². The first-order valence-corrected chi connectivity index (χ1v) is 11.3. The van der Waals surface area contributed by atoms with Crippen LogP contribution in [-0.2, 0) is 10.0 Å². The van der Waals surface area contributed by atoms with Crippen molar-refractivity contribution in [3.63, 3.8) is 0 Å². The van der Waals surface area contributed by atoms with Crippen LogP contribution >= 0.6 is 0 Å². The van der Waals surface area contributed by atoms with Gasteiger partial charge >= 0.3 is 0 Å². The van der Waals surface area contributed by atoms with Crippen LogP contribution in [0.2, 0.25) is 0 Å². The predicted octanol–water partition coefficient (Wildman–Crippen LogP) is 6.59. The molecule has 0 bridgehead atoms. The smallest absolute Gasteiger partial charge is 0.261 e. The Kier molecular flexibility index (Phi) is 4.81. The summed E-state index contributed by atoms with van der Waals surface area (Å²) in [7, 11) is -3.69. The van der Waals surface area contributed by atoms with Crippen molar-refractivity contribution in [2.75, 3.05) is 4.72 Å². The highest BCUT2D eigenvalue weighted by Crippen LogP contribution is 2.27. The molecule has 0 saturated heterocycles. The molecule has 5 aromatic rings. The average Bonchev–Trinajstić information content (AvgIpc) is 2.80. The minimum atomic E-state index is -3.69. The van der Waals surface area contributed by atoms with Crippen molar-refractivity contribution >= 4 is 37.3 Å². The van der Waals surface area contributed by atoms with E-state index in [2.05, 4.69) is 10.8 Å². The number of rotatable bonds is 5. The maximum atomic E-state index is 12.8. The predicted molar refractivity (Wildman–Crippen MR) is 125 cm³/mol. The van der Waals surface area contributed by atoms with Gasteiger partial charge in [0.05, 0.1) is 4.90 Å². The van der Waals surface area contributed by atoms with Gasteiger partial charge in [-0.2, -0.15) is 0 Å². The highest BCUT2D eigenvalue weighted by molar-refractivity contribution is 7.92.